The lowest BCUT2D eigenvalue weighted by Crippen LogP contribution is -2.69. The molecule has 1 aromatic carbocycles. The molecule has 0 heterocycles. The number of anilines is 1. The van der Waals surface area contributed by atoms with Crippen LogP contribution in [0.3, 0.4) is 0 Å². The highest BCUT2D eigenvalue weighted by Gasteiger charge is 2.64. The zero-order valence-electron chi connectivity index (χ0n) is 13.7. The largest absolute Gasteiger partial charge is 0.466 e. The summed E-state index contributed by atoms with van der Waals surface area (Å²) in [5, 5.41) is 3.57. The van der Waals surface area contributed by atoms with Gasteiger partial charge in [-0.2, -0.15) is 13.2 Å². The normalized spacial score (nSPS) is 13.8. The van der Waals surface area contributed by atoms with Gasteiger partial charge in [-0.3, -0.25) is 5.32 Å². The van der Waals surface area contributed by atoms with E-state index in [1.54, 1.807) is 18.3 Å². The predicted octanol–water partition coefficient (Wildman–Crippen LogP) is 2.97. The highest BCUT2D eigenvalue weighted by atomic mass is 19.4. The number of alkyl carbamates (subject to hydrolysis) is 1. The molecule has 1 aromatic rings. The molecule has 1 atom stereocenters. The van der Waals surface area contributed by atoms with Crippen LogP contribution in [0.4, 0.5) is 23.7 Å². The first kappa shape index (κ1) is 19.6. The van der Waals surface area contributed by atoms with Crippen molar-refractivity contribution in [2.45, 2.75) is 38.7 Å². The second kappa shape index (κ2) is 7.41. The topological polar surface area (TPSA) is 76.7 Å². The van der Waals surface area contributed by atoms with Gasteiger partial charge in [0.2, 0.25) is 0 Å². The molecule has 6 nitrogen and oxygen atoms in total. The third kappa shape index (κ3) is 4.53. The molecular weight excluding hydrogens is 329 g/mol. The zero-order valence-corrected chi connectivity index (χ0v) is 13.7. The van der Waals surface area contributed by atoms with Crippen molar-refractivity contribution in [2.75, 3.05) is 12.4 Å². The minimum Gasteiger partial charge on any atom is -0.466 e. The van der Waals surface area contributed by atoms with Gasteiger partial charge in [0.15, 0.2) is 0 Å². The summed E-state index contributed by atoms with van der Waals surface area (Å²) in [5.41, 5.74) is -2.85. The van der Waals surface area contributed by atoms with Crippen LogP contribution >= 0.6 is 0 Å². The summed E-state index contributed by atoms with van der Waals surface area (Å²) in [6.45, 7) is 4.58. The minimum atomic E-state index is -5.19. The van der Waals surface area contributed by atoms with Crippen LogP contribution in [0.15, 0.2) is 24.3 Å². The summed E-state index contributed by atoms with van der Waals surface area (Å²) in [7, 11) is 0.788. The lowest BCUT2D eigenvalue weighted by molar-refractivity contribution is -0.204. The van der Waals surface area contributed by atoms with Crippen molar-refractivity contribution in [2.24, 2.45) is 0 Å². The van der Waals surface area contributed by atoms with Crippen molar-refractivity contribution in [3.05, 3.63) is 29.8 Å². The molecule has 24 heavy (non-hydrogen) atoms. The third-order valence-corrected chi connectivity index (χ3v) is 2.90. The SMILES string of the molecule is COC(=O)[C@@](NC(=O)OC(C)C)(Nc1cccc(C)c1)C(F)(F)F. The van der Waals surface area contributed by atoms with Crippen molar-refractivity contribution in [1.82, 2.24) is 5.32 Å². The fourth-order valence-electron chi connectivity index (χ4n) is 1.88. The summed E-state index contributed by atoms with van der Waals surface area (Å²) in [5.74, 6) is -1.72. The van der Waals surface area contributed by atoms with Crippen LogP contribution in [0, 0.1) is 6.92 Å². The van der Waals surface area contributed by atoms with Crippen molar-refractivity contribution in [1.29, 1.82) is 0 Å². The number of amides is 1. The maximum atomic E-state index is 13.7. The van der Waals surface area contributed by atoms with E-state index in [1.165, 1.54) is 32.0 Å². The van der Waals surface area contributed by atoms with E-state index in [-0.39, 0.29) is 5.69 Å². The van der Waals surface area contributed by atoms with Crippen LogP contribution in [0.25, 0.3) is 0 Å². The number of hydrogen-bond donors (Lipinski definition) is 2. The summed E-state index contributed by atoms with van der Waals surface area (Å²) >= 11 is 0. The van der Waals surface area contributed by atoms with Gasteiger partial charge in [-0.05, 0) is 38.5 Å². The lowest BCUT2D eigenvalue weighted by Gasteiger charge is -2.34. The van der Waals surface area contributed by atoms with Crippen LogP contribution < -0.4 is 10.6 Å². The van der Waals surface area contributed by atoms with Crippen LogP contribution in [0.1, 0.15) is 19.4 Å². The maximum Gasteiger partial charge on any atom is 0.442 e. The number of nitrogens with one attached hydrogen (secondary N) is 2. The van der Waals surface area contributed by atoms with Crippen molar-refractivity contribution >= 4 is 17.7 Å². The number of carbonyl (C=O) groups is 2. The molecule has 0 saturated carbocycles. The first-order valence-electron chi connectivity index (χ1n) is 7.00. The number of aryl methyl sites for hydroxylation is 1. The highest BCUT2D eigenvalue weighted by Crippen LogP contribution is 2.33. The molecule has 1 amide bonds. The number of ether oxygens (including phenoxy) is 2. The van der Waals surface area contributed by atoms with Gasteiger partial charge in [0.25, 0.3) is 0 Å². The lowest BCUT2D eigenvalue weighted by atomic mass is 10.1. The van der Waals surface area contributed by atoms with E-state index in [4.69, 9.17) is 0 Å². The van der Waals surface area contributed by atoms with E-state index in [1.807, 2.05) is 5.32 Å². The average molecular weight is 348 g/mol. The Labute approximate surface area is 137 Å². The summed E-state index contributed by atoms with van der Waals surface area (Å²) in [4.78, 5) is 23.6. The van der Waals surface area contributed by atoms with E-state index in [0.717, 1.165) is 7.11 Å². The van der Waals surface area contributed by atoms with E-state index >= 15 is 0 Å². The Morgan fingerprint density at radius 3 is 2.29 bits per heavy atom. The number of carbonyl (C=O) groups excluding carboxylic acids is 2. The van der Waals surface area contributed by atoms with Gasteiger partial charge in [-0.25, -0.2) is 9.59 Å². The Morgan fingerprint density at radius 1 is 1.21 bits per heavy atom. The molecule has 9 heteroatoms. The number of esters is 1. The molecule has 0 aromatic heterocycles. The summed E-state index contributed by atoms with van der Waals surface area (Å²) in [6, 6.07) is 5.88. The summed E-state index contributed by atoms with van der Waals surface area (Å²) < 4.78 is 49.9. The molecule has 0 saturated heterocycles. The Kier molecular flexibility index (Phi) is 6.05. The number of benzene rings is 1. The van der Waals surface area contributed by atoms with Gasteiger partial charge in [0.05, 0.1) is 13.2 Å². The predicted molar refractivity (Wildman–Crippen MR) is 80.4 cm³/mol. The number of alkyl halides is 3. The highest BCUT2D eigenvalue weighted by molar-refractivity contribution is 5.89. The Bertz CT molecular complexity index is 605. The van der Waals surface area contributed by atoms with Crippen LogP contribution in [-0.2, 0) is 14.3 Å². The van der Waals surface area contributed by atoms with Gasteiger partial charge in [0, 0.05) is 5.69 Å². The number of methoxy groups -OCH3 is 1. The fourth-order valence-corrected chi connectivity index (χ4v) is 1.88. The van der Waals surface area contributed by atoms with Crippen molar-refractivity contribution in [3.63, 3.8) is 0 Å². The van der Waals surface area contributed by atoms with E-state index in [2.05, 4.69) is 9.47 Å². The van der Waals surface area contributed by atoms with Crippen LogP contribution in [0.5, 0.6) is 0 Å². The van der Waals surface area contributed by atoms with Crippen LogP contribution in [-0.4, -0.2) is 37.1 Å². The molecule has 2 N–H and O–H groups in total. The molecule has 0 unspecified atom stereocenters. The molecule has 0 spiro atoms. The van der Waals surface area contributed by atoms with E-state index in [0.29, 0.717) is 5.56 Å². The van der Waals surface area contributed by atoms with Crippen LogP contribution in [0.2, 0.25) is 0 Å². The quantitative estimate of drug-likeness (QED) is 0.632. The smallest absolute Gasteiger partial charge is 0.442 e. The monoisotopic (exact) mass is 348 g/mol. The Balaban J connectivity index is 3.31. The van der Waals surface area contributed by atoms with E-state index in [9.17, 15) is 22.8 Å². The molecular formula is C15H19F3N2O4. The van der Waals surface area contributed by atoms with E-state index < -0.39 is 30.0 Å². The maximum absolute atomic E-state index is 13.7. The number of halogens is 3. The molecule has 0 aliphatic rings. The van der Waals surface area contributed by atoms with Gasteiger partial charge in [-0.1, -0.05) is 12.1 Å². The molecule has 1 rings (SSSR count). The van der Waals surface area contributed by atoms with Gasteiger partial charge in [-0.15, -0.1) is 0 Å². The molecule has 134 valence electrons. The third-order valence-electron chi connectivity index (χ3n) is 2.90. The zero-order chi connectivity index (χ0) is 18.5. The van der Waals surface area contributed by atoms with Gasteiger partial charge >= 0.3 is 23.9 Å². The molecule has 0 bridgehead atoms. The van der Waals surface area contributed by atoms with Crippen molar-refractivity contribution < 1.29 is 32.2 Å². The average Bonchev–Trinajstić information content (AvgIpc) is 2.43. The van der Waals surface area contributed by atoms with Gasteiger partial charge in [0.1, 0.15) is 0 Å². The second-order valence-electron chi connectivity index (χ2n) is 5.31. The van der Waals surface area contributed by atoms with Crippen molar-refractivity contribution in [3.8, 4) is 0 Å². The number of hydrogen-bond acceptors (Lipinski definition) is 5. The van der Waals surface area contributed by atoms with Gasteiger partial charge < -0.3 is 14.8 Å². The molecule has 0 radical (unpaired) electrons. The standard InChI is InChI=1S/C15H19F3N2O4/c1-9(2)24-13(22)20-14(12(21)23-4,15(16,17)18)19-11-7-5-6-10(3)8-11/h5-9,19H,1-4H3,(H,20,22)/t14-/m0/s1. The first-order chi connectivity index (χ1) is 11.0. The fraction of sp³-hybridized carbons (Fsp3) is 0.467. The minimum absolute atomic E-state index is 0.0254. The molecule has 0 aliphatic carbocycles. The Morgan fingerprint density at radius 2 is 1.83 bits per heavy atom. The summed E-state index contributed by atoms with van der Waals surface area (Å²) in [6.07, 6.45) is -7.28. The first-order valence-corrected chi connectivity index (χ1v) is 7.00. The second-order valence-corrected chi connectivity index (χ2v) is 5.31. The molecule has 0 aliphatic heterocycles. The Hall–Kier alpha value is -2.45. The number of rotatable bonds is 5. The molecule has 0 fully saturated rings.